The fraction of sp³-hybridized carbons (Fsp3) is 0.111. The van der Waals surface area contributed by atoms with E-state index in [1.807, 2.05) is 0 Å². The SMILES string of the molecule is Fc1cccc(-c2nnc(C(Cl)Cl)o2)c1. The molecule has 78 valence electrons. The van der Waals surface area contributed by atoms with Crippen LogP contribution < -0.4 is 0 Å². The van der Waals surface area contributed by atoms with E-state index in [-0.39, 0.29) is 17.6 Å². The van der Waals surface area contributed by atoms with Crippen LogP contribution in [0.3, 0.4) is 0 Å². The monoisotopic (exact) mass is 246 g/mol. The Bertz CT molecular complexity index is 473. The molecule has 0 bridgehead atoms. The molecule has 1 aromatic heterocycles. The molecule has 0 amide bonds. The molecule has 0 fully saturated rings. The first-order valence-electron chi connectivity index (χ1n) is 4.04. The lowest BCUT2D eigenvalue weighted by Crippen LogP contribution is -1.79. The van der Waals surface area contributed by atoms with Crippen molar-refractivity contribution < 1.29 is 8.81 Å². The topological polar surface area (TPSA) is 38.9 Å². The van der Waals surface area contributed by atoms with Crippen molar-refractivity contribution in [3.05, 3.63) is 36.0 Å². The number of rotatable bonds is 2. The molecule has 6 heteroatoms. The van der Waals surface area contributed by atoms with Crippen molar-refractivity contribution in [1.29, 1.82) is 0 Å². The molecule has 0 saturated carbocycles. The molecule has 0 radical (unpaired) electrons. The molecule has 2 rings (SSSR count). The van der Waals surface area contributed by atoms with Crippen molar-refractivity contribution in [2.45, 2.75) is 4.84 Å². The number of nitrogens with zero attached hydrogens (tertiary/aromatic N) is 2. The maximum absolute atomic E-state index is 12.9. The van der Waals surface area contributed by atoms with Crippen molar-refractivity contribution in [3.8, 4) is 11.5 Å². The van der Waals surface area contributed by atoms with Crippen LogP contribution in [-0.2, 0) is 0 Å². The largest absolute Gasteiger partial charge is 0.418 e. The fourth-order valence-electron chi connectivity index (χ4n) is 1.06. The molecular weight excluding hydrogens is 242 g/mol. The third-order valence-electron chi connectivity index (χ3n) is 1.70. The highest BCUT2D eigenvalue weighted by molar-refractivity contribution is 6.43. The van der Waals surface area contributed by atoms with E-state index < -0.39 is 4.84 Å². The van der Waals surface area contributed by atoms with E-state index >= 15 is 0 Å². The smallest absolute Gasteiger partial charge is 0.249 e. The zero-order valence-electron chi connectivity index (χ0n) is 7.32. The van der Waals surface area contributed by atoms with E-state index in [0.29, 0.717) is 5.56 Å². The molecule has 0 atom stereocenters. The molecule has 1 aromatic carbocycles. The van der Waals surface area contributed by atoms with Crippen LogP contribution in [0, 0.1) is 5.82 Å². The van der Waals surface area contributed by atoms with Crippen molar-refractivity contribution in [2.75, 3.05) is 0 Å². The van der Waals surface area contributed by atoms with Gasteiger partial charge >= 0.3 is 0 Å². The summed E-state index contributed by atoms with van der Waals surface area (Å²) in [5.41, 5.74) is 0.489. The predicted octanol–water partition coefficient (Wildman–Crippen LogP) is 3.35. The lowest BCUT2D eigenvalue weighted by Gasteiger charge is -1.94. The minimum absolute atomic E-state index is 0.0950. The second-order valence-electron chi connectivity index (χ2n) is 2.76. The second kappa shape index (κ2) is 4.16. The fourth-order valence-corrected chi connectivity index (χ4v) is 1.24. The summed E-state index contributed by atoms with van der Waals surface area (Å²) in [6.45, 7) is 0. The van der Waals surface area contributed by atoms with Gasteiger partial charge in [0.15, 0.2) is 4.84 Å². The van der Waals surface area contributed by atoms with Crippen LogP contribution in [0.5, 0.6) is 0 Å². The third kappa shape index (κ3) is 2.27. The summed E-state index contributed by atoms with van der Waals surface area (Å²) in [7, 11) is 0. The first-order chi connectivity index (χ1) is 7.16. The first kappa shape index (κ1) is 10.4. The molecule has 0 aliphatic carbocycles. The van der Waals surface area contributed by atoms with Gasteiger partial charge in [-0.2, -0.15) is 0 Å². The standard InChI is InChI=1S/C9H5Cl2FN2O/c10-7(11)9-14-13-8(15-9)5-2-1-3-6(12)4-5/h1-4,7H. The predicted molar refractivity (Wildman–Crippen MR) is 54.1 cm³/mol. The molecule has 0 aliphatic heterocycles. The van der Waals surface area contributed by atoms with Gasteiger partial charge in [0.2, 0.25) is 11.8 Å². The summed E-state index contributed by atoms with van der Waals surface area (Å²) in [5.74, 6) is -0.0889. The Morgan fingerprint density at radius 1 is 1.27 bits per heavy atom. The van der Waals surface area contributed by atoms with Crippen molar-refractivity contribution in [2.24, 2.45) is 0 Å². The average molecular weight is 247 g/mol. The third-order valence-corrected chi connectivity index (χ3v) is 2.07. The van der Waals surface area contributed by atoms with Gasteiger partial charge in [-0.1, -0.05) is 29.3 Å². The maximum Gasteiger partial charge on any atom is 0.249 e. The van der Waals surface area contributed by atoms with Crippen LogP contribution >= 0.6 is 23.2 Å². The zero-order chi connectivity index (χ0) is 10.8. The van der Waals surface area contributed by atoms with Gasteiger partial charge in [0.25, 0.3) is 0 Å². The summed E-state index contributed by atoms with van der Waals surface area (Å²) >= 11 is 11.1. The number of aromatic nitrogens is 2. The normalized spacial score (nSPS) is 10.9. The van der Waals surface area contributed by atoms with Crippen LogP contribution in [0.1, 0.15) is 10.7 Å². The molecule has 3 nitrogen and oxygen atoms in total. The number of hydrogen-bond donors (Lipinski definition) is 0. The molecule has 2 aromatic rings. The summed E-state index contributed by atoms with van der Waals surface area (Å²) in [6, 6.07) is 5.81. The van der Waals surface area contributed by atoms with Crippen molar-refractivity contribution >= 4 is 23.2 Å². The lowest BCUT2D eigenvalue weighted by molar-refractivity contribution is 0.523. The number of alkyl halides is 2. The highest BCUT2D eigenvalue weighted by Gasteiger charge is 2.14. The molecule has 15 heavy (non-hydrogen) atoms. The van der Waals surface area contributed by atoms with Crippen LogP contribution in [0.2, 0.25) is 0 Å². The van der Waals surface area contributed by atoms with Crippen molar-refractivity contribution in [1.82, 2.24) is 10.2 Å². The molecule has 0 unspecified atom stereocenters. The molecule has 0 aliphatic rings. The average Bonchev–Trinajstić information content (AvgIpc) is 2.66. The van der Waals surface area contributed by atoms with E-state index in [2.05, 4.69) is 10.2 Å². The summed E-state index contributed by atoms with van der Waals surface area (Å²) in [5, 5.41) is 7.32. The summed E-state index contributed by atoms with van der Waals surface area (Å²) < 4.78 is 18.0. The van der Waals surface area contributed by atoms with Crippen LogP contribution in [0.15, 0.2) is 28.7 Å². The Labute approximate surface area is 94.8 Å². The molecule has 0 saturated heterocycles. The molecular formula is C9H5Cl2FN2O. The van der Waals surface area contributed by atoms with Gasteiger partial charge in [0, 0.05) is 5.56 Å². The Morgan fingerprint density at radius 2 is 2.07 bits per heavy atom. The highest BCUT2D eigenvalue weighted by Crippen LogP contribution is 2.26. The quantitative estimate of drug-likeness (QED) is 0.764. The Balaban J connectivity index is 2.37. The van der Waals surface area contributed by atoms with Crippen LogP contribution in [-0.4, -0.2) is 10.2 Å². The van der Waals surface area contributed by atoms with Crippen molar-refractivity contribution in [3.63, 3.8) is 0 Å². The van der Waals surface area contributed by atoms with E-state index in [1.54, 1.807) is 12.1 Å². The van der Waals surface area contributed by atoms with Gasteiger partial charge in [0.05, 0.1) is 0 Å². The summed E-state index contributed by atoms with van der Waals surface area (Å²) in [4.78, 5) is -0.875. The molecule has 0 N–H and O–H groups in total. The Kier molecular flexibility index (Phi) is 2.88. The maximum atomic E-state index is 12.9. The van der Waals surface area contributed by atoms with E-state index in [9.17, 15) is 4.39 Å². The lowest BCUT2D eigenvalue weighted by atomic mass is 10.2. The number of hydrogen-bond acceptors (Lipinski definition) is 3. The van der Waals surface area contributed by atoms with E-state index in [0.717, 1.165) is 0 Å². The highest BCUT2D eigenvalue weighted by atomic mass is 35.5. The second-order valence-corrected chi connectivity index (χ2v) is 3.85. The van der Waals surface area contributed by atoms with Gasteiger partial charge in [-0.15, -0.1) is 10.2 Å². The summed E-state index contributed by atoms with van der Waals surface area (Å²) in [6.07, 6.45) is 0. The molecule has 0 spiro atoms. The number of benzene rings is 1. The van der Waals surface area contributed by atoms with E-state index in [4.69, 9.17) is 27.6 Å². The minimum atomic E-state index is -0.875. The van der Waals surface area contributed by atoms with Gasteiger partial charge in [-0.05, 0) is 18.2 Å². The number of halogens is 3. The minimum Gasteiger partial charge on any atom is -0.418 e. The Hall–Kier alpha value is -1.13. The Morgan fingerprint density at radius 3 is 2.67 bits per heavy atom. The van der Waals surface area contributed by atoms with Gasteiger partial charge in [0.1, 0.15) is 5.82 Å². The first-order valence-corrected chi connectivity index (χ1v) is 4.91. The van der Waals surface area contributed by atoms with Crippen LogP contribution in [0.25, 0.3) is 11.5 Å². The zero-order valence-corrected chi connectivity index (χ0v) is 8.84. The van der Waals surface area contributed by atoms with Gasteiger partial charge in [-0.3, -0.25) is 0 Å². The van der Waals surface area contributed by atoms with Gasteiger partial charge < -0.3 is 4.42 Å². The van der Waals surface area contributed by atoms with E-state index in [1.165, 1.54) is 12.1 Å². The van der Waals surface area contributed by atoms with Gasteiger partial charge in [-0.25, -0.2) is 4.39 Å². The molecule has 1 heterocycles. The van der Waals surface area contributed by atoms with Crippen LogP contribution in [0.4, 0.5) is 4.39 Å².